The van der Waals surface area contributed by atoms with E-state index in [0.29, 0.717) is 0 Å². The lowest BCUT2D eigenvalue weighted by Gasteiger charge is -2.30. The first-order valence-corrected chi connectivity index (χ1v) is 22.5. The van der Waals surface area contributed by atoms with E-state index >= 15 is 0 Å². The van der Waals surface area contributed by atoms with Crippen molar-refractivity contribution < 1.29 is 4.42 Å². The molecular weight excluding hydrogens is 803 g/mol. The Morgan fingerprint density at radius 2 is 0.803 bits per heavy atom. The number of hydrogen-bond acceptors (Lipinski definition) is 3. The minimum Gasteiger partial charge on any atom is -0.456 e. The molecular formula is C62H41N3O. The second-order valence-electron chi connectivity index (χ2n) is 17.0. The van der Waals surface area contributed by atoms with Crippen LogP contribution in [0.1, 0.15) is 0 Å². The predicted octanol–water partition coefficient (Wildman–Crippen LogP) is 17.6. The minimum atomic E-state index is 0.901. The first-order valence-electron chi connectivity index (χ1n) is 22.5. The average molecular weight is 844 g/mol. The third-order valence-corrected chi connectivity index (χ3v) is 13.1. The maximum atomic E-state index is 6.36. The van der Waals surface area contributed by atoms with Gasteiger partial charge in [-0.3, -0.25) is 0 Å². The van der Waals surface area contributed by atoms with E-state index in [1.54, 1.807) is 0 Å². The van der Waals surface area contributed by atoms with Crippen molar-refractivity contribution in [1.29, 1.82) is 0 Å². The molecule has 0 atom stereocenters. The third kappa shape index (κ3) is 6.30. The highest BCUT2D eigenvalue weighted by molar-refractivity contribution is 6.17. The molecule has 0 spiro atoms. The Balaban J connectivity index is 1.04. The topological polar surface area (TPSA) is 24.6 Å². The fourth-order valence-corrected chi connectivity index (χ4v) is 10.1. The zero-order valence-corrected chi connectivity index (χ0v) is 35.9. The Morgan fingerprint density at radius 3 is 1.61 bits per heavy atom. The van der Waals surface area contributed by atoms with E-state index < -0.39 is 0 Å². The largest absolute Gasteiger partial charge is 0.456 e. The summed E-state index contributed by atoms with van der Waals surface area (Å²) >= 11 is 0. The molecule has 4 heteroatoms. The van der Waals surface area contributed by atoms with Gasteiger partial charge in [-0.05, 0) is 142 Å². The number of nitrogens with zero attached hydrogens (tertiary/aromatic N) is 3. The van der Waals surface area contributed by atoms with Crippen LogP contribution in [0.3, 0.4) is 0 Å². The van der Waals surface area contributed by atoms with Gasteiger partial charge in [-0.2, -0.15) is 0 Å². The SMILES string of the molecule is c1ccc(-c2cccc(N(c3ccccc3)c3cccc(N(c4ccc5ccc6cc7oc8ccccc8c7cc6c5c4)c4ccc5c(c4)c4ccccc4n5-c4ccccc4)c3)c2)cc1. The summed E-state index contributed by atoms with van der Waals surface area (Å²) in [7, 11) is 0. The molecule has 11 aromatic carbocycles. The van der Waals surface area contributed by atoms with Crippen LogP contribution >= 0.6 is 0 Å². The quantitative estimate of drug-likeness (QED) is 0.142. The van der Waals surface area contributed by atoms with Gasteiger partial charge in [0, 0.05) is 61.4 Å². The summed E-state index contributed by atoms with van der Waals surface area (Å²) in [4.78, 5) is 4.78. The summed E-state index contributed by atoms with van der Waals surface area (Å²) in [6.45, 7) is 0. The molecule has 0 saturated carbocycles. The Bertz CT molecular complexity index is 3950. The van der Waals surface area contributed by atoms with Crippen LogP contribution in [0.2, 0.25) is 0 Å². The molecule has 0 fully saturated rings. The van der Waals surface area contributed by atoms with Gasteiger partial charge in [-0.25, -0.2) is 0 Å². The zero-order valence-electron chi connectivity index (χ0n) is 35.9. The van der Waals surface area contributed by atoms with Gasteiger partial charge in [0.2, 0.25) is 0 Å². The Morgan fingerprint density at radius 1 is 0.273 bits per heavy atom. The second-order valence-corrected chi connectivity index (χ2v) is 17.0. The molecule has 13 aromatic rings. The molecule has 0 amide bonds. The van der Waals surface area contributed by atoms with E-state index in [4.69, 9.17) is 4.42 Å². The van der Waals surface area contributed by atoms with Crippen LogP contribution in [0.15, 0.2) is 253 Å². The van der Waals surface area contributed by atoms with Gasteiger partial charge in [-0.15, -0.1) is 0 Å². The minimum absolute atomic E-state index is 0.901. The lowest BCUT2D eigenvalue weighted by Crippen LogP contribution is -2.13. The van der Waals surface area contributed by atoms with E-state index in [1.807, 2.05) is 6.07 Å². The zero-order chi connectivity index (χ0) is 43.6. The van der Waals surface area contributed by atoms with E-state index in [0.717, 1.165) is 72.7 Å². The van der Waals surface area contributed by atoms with Crippen LogP contribution < -0.4 is 9.80 Å². The molecule has 0 radical (unpaired) electrons. The Labute approximate surface area is 382 Å². The molecule has 66 heavy (non-hydrogen) atoms. The highest BCUT2D eigenvalue weighted by atomic mass is 16.3. The molecule has 13 rings (SSSR count). The van der Waals surface area contributed by atoms with Gasteiger partial charge in [0.05, 0.1) is 11.0 Å². The lowest BCUT2D eigenvalue weighted by molar-refractivity contribution is 0.669. The van der Waals surface area contributed by atoms with Crippen molar-refractivity contribution in [2.45, 2.75) is 0 Å². The van der Waals surface area contributed by atoms with Crippen molar-refractivity contribution in [1.82, 2.24) is 4.57 Å². The number of rotatable bonds is 8. The average Bonchev–Trinajstić information content (AvgIpc) is 3.92. The monoisotopic (exact) mass is 843 g/mol. The normalized spacial score (nSPS) is 11.6. The third-order valence-electron chi connectivity index (χ3n) is 13.1. The van der Waals surface area contributed by atoms with Gasteiger partial charge in [0.25, 0.3) is 0 Å². The number of furan rings is 1. The van der Waals surface area contributed by atoms with Crippen molar-refractivity contribution in [3.63, 3.8) is 0 Å². The summed E-state index contributed by atoms with van der Waals surface area (Å²) in [5.74, 6) is 0. The molecule has 2 heterocycles. The van der Waals surface area contributed by atoms with Crippen LogP contribution in [0.5, 0.6) is 0 Å². The van der Waals surface area contributed by atoms with Crippen molar-refractivity contribution in [3.8, 4) is 16.8 Å². The second kappa shape index (κ2) is 15.4. The van der Waals surface area contributed by atoms with Crippen LogP contribution in [0.25, 0.3) is 82.1 Å². The highest BCUT2D eigenvalue weighted by Gasteiger charge is 2.21. The van der Waals surface area contributed by atoms with Crippen molar-refractivity contribution in [2.24, 2.45) is 0 Å². The Kier molecular flexibility index (Phi) is 8.81. The maximum absolute atomic E-state index is 6.36. The number of anilines is 6. The molecule has 0 aliphatic heterocycles. The molecule has 0 saturated heterocycles. The summed E-state index contributed by atoms with van der Waals surface area (Å²) < 4.78 is 8.73. The smallest absolute Gasteiger partial charge is 0.136 e. The van der Waals surface area contributed by atoms with Crippen molar-refractivity contribution in [2.75, 3.05) is 9.80 Å². The van der Waals surface area contributed by atoms with Crippen LogP contribution in [-0.4, -0.2) is 4.57 Å². The van der Waals surface area contributed by atoms with Crippen LogP contribution in [0.4, 0.5) is 34.1 Å². The standard InChI is InChI=1S/C62H41N3O/c1-4-16-42(17-5-1)44-18-14-23-48(36-44)63(46-19-6-2-7-20-46)49-24-15-25-50(38-49)64(52-34-35-60-57(40-52)53-26-10-12-28-59(53)65(60)47-21-8-3-9-22-47)51-33-32-43-30-31-45-37-62-58(41-56(45)55(43)39-51)54-27-11-13-29-61(54)66-62/h1-41H. The summed E-state index contributed by atoms with van der Waals surface area (Å²) in [5.41, 5.74) is 14.0. The molecule has 0 aliphatic carbocycles. The number of para-hydroxylation sites is 4. The molecule has 0 N–H and O–H groups in total. The highest BCUT2D eigenvalue weighted by Crippen LogP contribution is 2.45. The van der Waals surface area contributed by atoms with E-state index in [9.17, 15) is 0 Å². The first kappa shape index (κ1) is 37.7. The number of aromatic nitrogens is 1. The molecule has 310 valence electrons. The number of benzene rings is 11. The Hall–Kier alpha value is -8.86. The van der Waals surface area contributed by atoms with Crippen LogP contribution in [0, 0.1) is 0 Å². The van der Waals surface area contributed by atoms with E-state index in [1.165, 1.54) is 43.6 Å². The van der Waals surface area contributed by atoms with Crippen molar-refractivity contribution in [3.05, 3.63) is 249 Å². The fraction of sp³-hybridized carbons (Fsp3) is 0. The molecule has 0 bridgehead atoms. The van der Waals surface area contributed by atoms with Crippen molar-refractivity contribution >= 4 is 99.4 Å². The first-order chi connectivity index (χ1) is 32.7. The maximum Gasteiger partial charge on any atom is 0.136 e. The predicted molar refractivity (Wildman–Crippen MR) is 278 cm³/mol. The van der Waals surface area contributed by atoms with Gasteiger partial charge < -0.3 is 18.8 Å². The van der Waals surface area contributed by atoms with Crippen LogP contribution in [-0.2, 0) is 0 Å². The van der Waals surface area contributed by atoms with Gasteiger partial charge in [0.15, 0.2) is 0 Å². The summed E-state index contributed by atoms with van der Waals surface area (Å²) in [5, 5.41) is 9.35. The number of fused-ring (bicyclic) bond motifs is 9. The van der Waals surface area contributed by atoms with Gasteiger partial charge in [-0.1, -0.05) is 140 Å². The molecule has 4 nitrogen and oxygen atoms in total. The molecule has 0 unspecified atom stereocenters. The van der Waals surface area contributed by atoms with E-state index in [2.05, 4.69) is 257 Å². The summed E-state index contributed by atoms with van der Waals surface area (Å²) in [6.07, 6.45) is 0. The molecule has 2 aromatic heterocycles. The van der Waals surface area contributed by atoms with Gasteiger partial charge in [0.1, 0.15) is 11.2 Å². The molecule has 0 aliphatic rings. The van der Waals surface area contributed by atoms with Gasteiger partial charge >= 0.3 is 0 Å². The fourth-order valence-electron chi connectivity index (χ4n) is 10.1. The van der Waals surface area contributed by atoms with E-state index in [-0.39, 0.29) is 0 Å². The lowest BCUT2D eigenvalue weighted by atomic mass is 9.98. The number of hydrogen-bond donors (Lipinski definition) is 0. The summed E-state index contributed by atoms with van der Waals surface area (Å²) in [6, 6.07) is 89.6.